The standard InChI is InChI=1S/C11H9ClN2O2/c1-6-3-4-7-9(12)8(11(15)16-2)5-13-10(7)14-6/h3-5H,1-2H3. The van der Waals surface area contributed by atoms with Crippen LogP contribution >= 0.6 is 11.6 Å². The van der Waals surface area contributed by atoms with Crippen LogP contribution in [0, 0.1) is 6.92 Å². The van der Waals surface area contributed by atoms with Crippen molar-refractivity contribution < 1.29 is 9.53 Å². The number of carbonyl (C=O) groups is 1. The van der Waals surface area contributed by atoms with Crippen LogP contribution in [0.5, 0.6) is 0 Å². The Hall–Kier alpha value is -1.68. The highest BCUT2D eigenvalue weighted by molar-refractivity contribution is 6.38. The summed E-state index contributed by atoms with van der Waals surface area (Å²) in [5, 5.41) is 0.972. The molecule has 2 aromatic heterocycles. The fourth-order valence-corrected chi connectivity index (χ4v) is 1.67. The normalized spacial score (nSPS) is 10.4. The maximum atomic E-state index is 11.4. The Balaban J connectivity index is 2.70. The minimum atomic E-state index is -0.500. The van der Waals surface area contributed by atoms with E-state index in [1.165, 1.54) is 13.3 Å². The number of carbonyl (C=O) groups excluding carboxylic acids is 1. The van der Waals surface area contributed by atoms with Crippen LogP contribution < -0.4 is 0 Å². The molecule has 2 heterocycles. The van der Waals surface area contributed by atoms with Gasteiger partial charge in [-0.05, 0) is 19.1 Å². The van der Waals surface area contributed by atoms with Crippen LogP contribution in [0.1, 0.15) is 16.1 Å². The van der Waals surface area contributed by atoms with Crippen molar-refractivity contribution in [3.8, 4) is 0 Å². The van der Waals surface area contributed by atoms with Crippen molar-refractivity contribution >= 4 is 28.6 Å². The lowest BCUT2D eigenvalue weighted by molar-refractivity contribution is 0.0600. The summed E-state index contributed by atoms with van der Waals surface area (Å²) in [6.45, 7) is 1.86. The summed E-state index contributed by atoms with van der Waals surface area (Å²) < 4.78 is 4.61. The number of esters is 1. The predicted molar refractivity (Wildman–Crippen MR) is 60.6 cm³/mol. The molecule has 0 saturated heterocycles. The zero-order chi connectivity index (χ0) is 11.7. The molecule has 0 fully saturated rings. The first-order valence-corrected chi connectivity index (χ1v) is 5.01. The molecule has 0 unspecified atom stereocenters. The Morgan fingerprint density at radius 2 is 2.19 bits per heavy atom. The molecule has 2 rings (SSSR count). The smallest absolute Gasteiger partial charge is 0.340 e. The molecule has 0 amide bonds. The Kier molecular flexibility index (Phi) is 2.75. The van der Waals surface area contributed by atoms with Crippen LogP contribution in [0.25, 0.3) is 11.0 Å². The van der Waals surface area contributed by atoms with Crippen LogP contribution in [0.2, 0.25) is 5.02 Å². The van der Waals surface area contributed by atoms with Crippen molar-refractivity contribution in [2.24, 2.45) is 0 Å². The number of rotatable bonds is 1. The SMILES string of the molecule is COC(=O)c1cnc2nc(C)ccc2c1Cl. The molecule has 0 aliphatic carbocycles. The van der Waals surface area contributed by atoms with Gasteiger partial charge in [0.1, 0.15) is 0 Å². The number of aromatic nitrogens is 2. The fraction of sp³-hybridized carbons (Fsp3) is 0.182. The minimum absolute atomic E-state index is 0.252. The Morgan fingerprint density at radius 3 is 2.88 bits per heavy atom. The van der Waals surface area contributed by atoms with E-state index in [4.69, 9.17) is 11.6 Å². The van der Waals surface area contributed by atoms with E-state index in [0.29, 0.717) is 16.1 Å². The van der Waals surface area contributed by atoms with Gasteiger partial charge in [-0.25, -0.2) is 14.8 Å². The summed E-state index contributed by atoms with van der Waals surface area (Å²) in [5.74, 6) is -0.500. The zero-order valence-electron chi connectivity index (χ0n) is 8.82. The highest BCUT2D eigenvalue weighted by atomic mass is 35.5. The zero-order valence-corrected chi connectivity index (χ0v) is 9.58. The largest absolute Gasteiger partial charge is 0.465 e. The molecule has 4 nitrogen and oxygen atoms in total. The quantitative estimate of drug-likeness (QED) is 0.714. The number of halogens is 1. The molecule has 0 saturated carbocycles. The highest BCUT2D eigenvalue weighted by Gasteiger charge is 2.14. The molecule has 0 N–H and O–H groups in total. The van der Waals surface area contributed by atoms with Gasteiger partial charge in [-0.3, -0.25) is 0 Å². The maximum absolute atomic E-state index is 11.4. The van der Waals surface area contributed by atoms with Crippen LogP contribution in [0.4, 0.5) is 0 Å². The third-order valence-corrected chi connectivity index (χ3v) is 2.62. The minimum Gasteiger partial charge on any atom is -0.465 e. The van der Waals surface area contributed by atoms with Gasteiger partial charge in [-0.1, -0.05) is 11.6 Å². The number of aryl methyl sites for hydroxylation is 1. The monoisotopic (exact) mass is 236 g/mol. The van der Waals surface area contributed by atoms with Crippen LogP contribution in [-0.4, -0.2) is 23.0 Å². The molecule has 82 valence electrons. The van der Waals surface area contributed by atoms with Gasteiger partial charge in [0.15, 0.2) is 5.65 Å². The van der Waals surface area contributed by atoms with Crippen LogP contribution in [-0.2, 0) is 4.74 Å². The molecular weight excluding hydrogens is 228 g/mol. The topological polar surface area (TPSA) is 52.1 Å². The van der Waals surface area contributed by atoms with E-state index < -0.39 is 5.97 Å². The van der Waals surface area contributed by atoms with Gasteiger partial charge in [-0.2, -0.15) is 0 Å². The summed E-state index contributed by atoms with van der Waals surface area (Å²) in [6.07, 6.45) is 1.38. The second-order valence-corrected chi connectivity index (χ2v) is 3.68. The van der Waals surface area contributed by atoms with Gasteiger partial charge in [-0.15, -0.1) is 0 Å². The van der Waals surface area contributed by atoms with E-state index in [1.54, 1.807) is 6.07 Å². The van der Waals surface area contributed by atoms with Gasteiger partial charge in [0.25, 0.3) is 0 Å². The van der Waals surface area contributed by atoms with Crippen LogP contribution in [0.15, 0.2) is 18.3 Å². The number of fused-ring (bicyclic) bond motifs is 1. The van der Waals surface area contributed by atoms with Crippen molar-refractivity contribution in [3.05, 3.63) is 34.6 Å². The molecule has 0 atom stereocenters. The summed E-state index contributed by atoms with van der Waals surface area (Å²) in [7, 11) is 1.30. The lowest BCUT2D eigenvalue weighted by Crippen LogP contribution is -2.03. The summed E-state index contributed by atoms with van der Waals surface area (Å²) in [5.41, 5.74) is 1.63. The lowest BCUT2D eigenvalue weighted by Gasteiger charge is -2.05. The number of hydrogen-bond acceptors (Lipinski definition) is 4. The van der Waals surface area contributed by atoms with Crippen molar-refractivity contribution in [2.75, 3.05) is 7.11 Å². The second kappa shape index (κ2) is 4.06. The highest BCUT2D eigenvalue weighted by Crippen LogP contribution is 2.25. The first-order chi connectivity index (χ1) is 7.63. The van der Waals surface area contributed by atoms with Crippen LogP contribution in [0.3, 0.4) is 0 Å². The molecule has 5 heteroatoms. The molecule has 0 aliphatic rings. The van der Waals surface area contributed by atoms with Gasteiger partial charge in [0, 0.05) is 17.3 Å². The average molecular weight is 237 g/mol. The van der Waals surface area contributed by atoms with E-state index >= 15 is 0 Å². The molecule has 0 radical (unpaired) electrons. The summed E-state index contributed by atoms with van der Waals surface area (Å²) in [4.78, 5) is 19.7. The third kappa shape index (κ3) is 1.72. The van der Waals surface area contributed by atoms with E-state index in [-0.39, 0.29) is 5.56 Å². The Bertz CT molecular complexity index is 569. The Morgan fingerprint density at radius 1 is 1.44 bits per heavy atom. The maximum Gasteiger partial charge on any atom is 0.340 e. The number of methoxy groups -OCH3 is 1. The average Bonchev–Trinajstić information content (AvgIpc) is 2.28. The second-order valence-electron chi connectivity index (χ2n) is 3.30. The molecule has 0 aliphatic heterocycles. The van der Waals surface area contributed by atoms with Crippen molar-refractivity contribution in [3.63, 3.8) is 0 Å². The van der Waals surface area contributed by atoms with E-state index in [0.717, 1.165) is 5.69 Å². The molecule has 2 aromatic rings. The van der Waals surface area contributed by atoms with Crippen molar-refractivity contribution in [2.45, 2.75) is 6.92 Å². The number of pyridine rings is 2. The van der Waals surface area contributed by atoms with E-state index in [1.807, 2.05) is 13.0 Å². The third-order valence-electron chi connectivity index (χ3n) is 2.21. The lowest BCUT2D eigenvalue weighted by atomic mass is 10.2. The molecule has 0 bridgehead atoms. The molecule has 0 aromatic carbocycles. The first kappa shape index (κ1) is 10.8. The fourth-order valence-electron chi connectivity index (χ4n) is 1.39. The number of nitrogens with zero attached hydrogens (tertiary/aromatic N) is 2. The van der Waals surface area contributed by atoms with Gasteiger partial charge in [0.2, 0.25) is 0 Å². The van der Waals surface area contributed by atoms with Gasteiger partial charge in [0.05, 0.1) is 17.7 Å². The van der Waals surface area contributed by atoms with Crippen molar-refractivity contribution in [1.82, 2.24) is 9.97 Å². The van der Waals surface area contributed by atoms with E-state index in [9.17, 15) is 4.79 Å². The van der Waals surface area contributed by atoms with Gasteiger partial charge < -0.3 is 4.74 Å². The molecular formula is C11H9ClN2O2. The molecule has 0 spiro atoms. The summed E-state index contributed by atoms with van der Waals surface area (Å²) in [6, 6.07) is 3.61. The van der Waals surface area contributed by atoms with Crippen molar-refractivity contribution in [1.29, 1.82) is 0 Å². The van der Waals surface area contributed by atoms with E-state index in [2.05, 4.69) is 14.7 Å². The Labute approximate surface area is 97.2 Å². The predicted octanol–water partition coefficient (Wildman–Crippen LogP) is 2.38. The van der Waals surface area contributed by atoms with Gasteiger partial charge >= 0.3 is 5.97 Å². The number of ether oxygens (including phenoxy) is 1. The molecule has 16 heavy (non-hydrogen) atoms. The first-order valence-electron chi connectivity index (χ1n) is 4.63. The number of hydrogen-bond donors (Lipinski definition) is 0. The summed E-state index contributed by atoms with van der Waals surface area (Å²) >= 11 is 6.09.